The third kappa shape index (κ3) is 3.61. The van der Waals surface area contributed by atoms with Crippen molar-refractivity contribution in [1.29, 1.82) is 0 Å². The molecule has 0 unspecified atom stereocenters. The Morgan fingerprint density at radius 1 is 1.38 bits per heavy atom. The van der Waals surface area contributed by atoms with Crippen LogP contribution in [0, 0.1) is 0 Å². The summed E-state index contributed by atoms with van der Waals surface area (Å²) in [6.07, 6.45) is 0. The Hall–Kier alpha value is -1.43. The molecular weight excluding hydrogens is 331 g/mol. The van der Waals surface area contributed by atoms with Gasteiger partial charge in [0.2, 0.25) is 0 Å². The SMILES string of the molecule is COC(=O)c1cc(N)cc(Cl)c1N(C)Cc1ccc(Cl)s1. The summed E-state index contributed by atoms with van der Waals surface area (Å²) >= 11 is 13.7. The van der Waals surface area contributed by atoms with E-state index in [0.717, 1.165) is 9.21 Å². The predicted molar refractivity (Wildman–Crippen MR) is 88.6 cm³/mol. The minimum absolute atomic E-state index is 0.340. The molecule has 0 bridgehead atoms. The molecule has 0 amide bonds. The maximum absolute atomic E-state index is 11.9. The average Bonchev–Trinajstić information content (AvgIpc) is 2.81. The maximum atomic E-state index is 11.9. The van der Waals surface area contributed by atoms with Gasteiger partial charge in [-0.15, -0.1) is 11.3 Å². The largest absolute Gasteiger partial charge is 0.465 e. The summed E-state index contributed by atoms with van der Waals surface area (Å²) in [5.41, 5.74) is 7.09. The van der Waals surface area contributed by atoms with Gasteiger partial charge in [-0.05, 0) is 24.3 Å². The lowest BCUT2D eigenvalue weighted by Gasteiger charge is -2.22. The number of nitrogens with zero attached hydrogens (tertiary/aromatic N) is 1. The quantitative estimate of drug-likeness (QED) is 0.671. The molecule has 2 aromatic rings. The summed E-state index contributed by atoms with van der Waals surface area (Å²) in [4.78, 5) is 14.9. The van der Waals surface area contributed by atoms with E-state index in [2.05, 4.69) is 0 Å². The van der Waals surface area contributed by atoms with Crippen LogP contribution in [0.1, 0.15) is 15.2 Å². The van der Waals surface area contributed by atoms with E-state index in [4.69, 9.17) is 33.7 Å². The van der Waals surface area contributed by atoms with Crippen molar-refractivity contribution in [2.45, 2.75) is 6.54 Å². The second-order valence-electron chi connectivity index (χ2n) is 4.45. The lowest BCUT2D eigenvalue weighted by atomic mass is 10.1. The normalized spacial score (nSPS) is 10.5. The van der Waals surface area contributed by atoms with Gasteiger partial charge in [-0.3, -0.25) is 0 Å². The van der Waals surface area contributed by atoms with E-state index in [-0.39, 0.29) is 0 Å². The highest BCUT2D eigenvalue weighted by atomic mass is 35.5. The van der Waals surface area contributed by atoms with Crippen LogP contribution in [-0.4, -0.2) is 20.1 Å². The molecule has 2 N–H and O–H groups in total. The zero-order chi connectivity index (χ0) is 15.6. The molecule has 0 aliphatic rings. The van der Waals surface area contributed by atoms with Gasteiger partial charge in [-0.2, -0.15) is 0 Å². The molecule has 0 aliphatic heterocycles. The molecule has 4 nitrogen and oxygen atoms in total. The highest BCUT2D eigenvalue weighted by Gasteiger charge is 2.20. The van der Waals surface area contributed by atoms with Gasteiger partial charge in [-0.25, -0.2) is 4.79 Å². The van der Waals surface area contributed by atoms with Gasteiger partial charge < -0.3 is 15.4 Å². The van der Waals surface area contributed by atoms with Crippen molar-refractivity contribution < 1.29 is 9.53 Å². The van der Waals surface area contributed by atoms with E-state index in [1.807, 2.05) is 24.1 Å². The molecule has 0 saturated heterocycles. The number of hydrogen-bond acceptors (Lipinski definition) is 5. The van der Waals surface area contributed by atoms with E-state index in [9.17, 15) is 4.79 Å². The molecule has 112 valence electrons. The van der Waals surface area contributed by atoms with Crippen LogP contribution in [0.25, 0.3) is 0 Å². The second kappa shape index (κ2) is 6.56. The van der Waals surface area contributed by atoms with Crippen molar-refractivity contribution in [3.05, 3.63) is 44.1 Å². The molecule has 0 radical (unpaired) electrons. The lowest BCUT2D eigenvalue weighted by Crippen LogP contribution is -2.20. The number of nitrogens with two attached hydrogens (primary N) is 1. The van der Waals surface area contributed by atoms with Gasteiger partial charge in [0.15, 0.2) is 0 Å². The highest BCUT2D eigenvalue weighted by Crippen LogP contribution is 2.34. The van der Waals surface area contributed by atoms with Crippen molar-refractivity contribution >= 4 is 51.9 Å². The van der Waals surface area contributed by atoms with Gasteiger partial charge >= 0.3 is 5.97 Å². The average molecular weight is 345 g/mol. The van der Waals surface area contributed by atoms with Crippen molar-refractivity contribution in [3.63, 3.8) is 0 Å². The first-order chi connectivity index (χ1) is 9.92. The molecular formula is C14H14Cl2N2O2S. The van der Waals surface area contributed by atoms with E-state index < -0.39 is 5.97 Å². The van der Waals surface area contributed by atoms with Crippen molar-refractivity contribution in [1.82, 2.24) is 0 Å². The Labute approximate surface area is 137 Å². The number of rotatable bonds is 4. The van der Waals surface area contributed by atoms with Crippen LogP contribution in [0.4, 0.5) is 11.4 Å². The van der Waals surface area contributed by atoms with Crippen LogP contribution >= 0.6 is 34.5 Å². The smallest absolute Gasteiger partial charge is 0.340 e. The van der Waals surface area contributed by atoms with Crippen LogP contribution in [0.3, 0.4) is 0 Å². The number of halogens is 2. The number of nitrogen functional groups attached to an aromatic ring is 1. The van der Waals surface area contributed by atoms with E-state index >= 15 is 0 Å². The lowest BCUT2D eigenvalue weighted by molar-refractivity contribution is 0.0601. The molecule has 0 spiro atoms. The number of carbonyl (C=O) groups is 1. The molecule has 1 heterocycles. The topological polar surface area (TPSA) is 55.6 Å². The number of ether oxygens (including phenoxy) is 1. The summed E-state index contributed by atoms with van der Waals surface area (Å²) in [6.45, 7) is 0.574. The molecule has 1 aromatic carbocycles. The first kappa shape index (κ1) is 15.9. The summed E-state index contributed by atoms with van der Waals surface area (Å²) in [5, 5.41) is 0.403. The van der Waals surface area contributed by atoms with Crippen LogP contribution in [0.5, 0.6) is 0 Å². The number of thiophene rings is 1. The zero-order valence-electron chi connectivity index (χ0n) is 11.5. The third-order valence-corrected chi connectivity index (χ3v) is 4.40. The number of anilines is 2. The van der Waals surface area contributed by atoms with E-state index in [0.29, 0.717) is 28.5 Å². The Kier molecular flexibility index (Phi) is 4.98. The molecule has 7 heteroatoms. The standard InChI is InChI=1S/C14H14Cl2N2O2S/c1-18(7-9-3-4-12(16)21-9)13-10(14(19)20-2)5-8(17)6-11(13)15/h3-6H,7,17H2,1-2H3. The van der Waals surface area contributed by atoms with Gasteiger partial charge in [0.1, 0.15) is 0 Å². The van der Waals surface area contributed by atoms with Crippen LogP contribution in [0.15, 0.2) is 24.3 Å². The minimum atomic E-state index is -0.477. The fraction of sp³-hybridized carbons (Fsp3) is 0.214. The molecule has 0 atom stereocenters. The third-order valence-electron chi connectivity index (χ3n) is 2.89. The number of esters is 1. The Morgan fingerprint density at radius 2 is 2.10 bits per heavy atom. The van der Waals surface area contributed by atoms with Gasteiger partial charge in [-0.1, -0.05) is 23.2 Å². The first-order valence-electron chi connectivity index (χ1n) is 6.05. The van der Waals surface area contributed by atoms with Crippen LogP contribution in [-0.2, 0) is 11.3 Å². The zero-order valence-corrected chi connectivity index (χ0v) is 13.9. The van der Waals surface area contributed by atoms with Crippen molar-refractivity contribution in [3.8, 4) is 0 Å². The second-order valence-corrected chi connectivity index (χ2v) is 6.66. The Bertz CT molecular complexity index is 673. The minimum Gasteiger partial charge on any atom is -0.465 e. The maximum Gasteiger partial charge on any atom is 0.340 e. The summed E-state index contributed by atoms with van der Waals surface area (Å²) in [7, 11) is 3.17. The van der Waals surface area contributed by atoms with Crippen LogP contribution < -0.4 is 10.6 Å². The van der Waals surface area contributed by atoms with Gasteiger partial charge in [0.25, 0.3) is 0 Å². The van der Waals surface area contributed by atoms with Crippen molar-refractivity contribution in [2.75, 3.05) is 24.8 Å². The van der Waals surface area contributed by atoms with Gasteiger partial charge in [0.05, 0.1) is 34.3 Å². The predicted octanol–water partition coefficient (Wildman–Crippen LogP) is 4.06. The fourth-order valence-corrected chi connectivity index (χ4v) is 3.54. The monoisotopic (exact) mass is 344 g/mol. The van der Waals surface area contributed by atoms with Crippen LogP contribution in [0.2, 0.25) is 9.36 Å². The molecule has 2 rings (SSSR count). The molecule has 0 aliphatic carbocycles. The highest BCUT2D eigenvalue weighted by molar-refractivity contribution is 7.16. The molecule has 0 saturated carbocycles. The molecule has 0 fully saturated rings. The fourth-order valence-electron chi connectivity index (χ4n) is 2.02. The summed E-state index contributed by atoms with van der Waals surface area (Å²) in [5.74, 6) is -0.477. The summed E-state index contributed by atoms with van der Waals surface area (Å²) in [6, 6.07) is 6.94. The molecule has 21 heavy (non-hydrogen) atoms. The number of hydrogen-bond donors (Lipinski definition) is 1. The van der Waals surface area contributed by atoms with E-state index in [1.54, 1.807) is 12.1 Å². The number of carbonyl (C=O) groups excluding carboxylic acids is 1. The molecule has 1 aromatic heterocycles. The summed E-state index contributed by atoms with van der Waals surface area (Å²) < 4.78 is 5.51. The Balaban J connectivity index is 2.39. The van der Waals surface area contributed by atoms with E-state index in [1.165, 1.54) is 18.4 Å². The number of benzene rings is 1. The van der Waals surface area contributed by atoms with Gasteiger partial charge in [0, 0.05) is 17.6 Å². The number of methoxy groups -OCH3 is 1. The Morgan fingerprint density at radius 3 is 2.67 bits per heavy atom. The first-order valence-corrected chi connectivity index (χ1v) is 7.62. The van der Waals surface area contributed by atoms with Crippen molar-refractivity contribution in [2.24, 2.45) is 0 Å².